The van der Waals surface area contributed by atoms with Crippen LogP contribution in [-0.4, -0.2) is 33.1 Å². The molecule has 3 N–H and O–H groups in total. The summed E-state index contributed by atoms with van der Waals surface area (Å²) < 4.78 is 35.0. The zero-order valence-electron chi connectivity index (χ0n) is 15.4. The van der Waals surface area contributed by atoms with Crippen LogP contribution in [-0.2, 0) is 11.3 Å². The predicted octanol–water partition coefficient (Wildman–Crippen LogP) is 3.08. The highest BCUT2D eigenvalue weighted by Gasteiger charge is 2.21. The van der Waals surface area contributed by atoms with E-state index in [4.69, 9.17) is 15.6 Å². The van der Waals surface area contributed by atoms with E-state index in [0.29, 0.717) is 21.8 Å². The Kier molecular flexibility index (Phi) is 4.78. The van der Waals surface area contributed by atoms with Gasteiger partial charge in [0, 0.05) is 16.5 Å². The van der Waals surface area contributed by atoms with Gasteiger partial charge in [-0.25, -0.2) is 13.6 Å². The molecule has 152 valence electrons. The maximum atomic E-state index is 14.3. The molecular formula is C21H15F2N3O4. The maximum absolute atomic E-state index is 14.3. The van der Waals surface area contributed by atoms with E-state index in [2.05, 4.69) is 4.98 Å². The van der Waals surface area contributed by atoms with Crippen molar-refractivity contribution in [2.45, 2.75) is 6.54 Å². The lowest BCUT2D eigenvalue weighted by molar-refractivity contribution is -0.139. The molecule has 0 radical (unpaired) electrons. The molecule has 0 saturated heterocycles. The number of hydrogen-bond acceptors (Lipinski definition) is 4. The van der Waals surface area contributed by atoms with E-state index >= 15 is 0 Å². The number of ether oxygens (including phenoxy) is 1. The molecule has 0 bridgehead atoms. The zero-order chi connectivity index (χ0) is 21.4. The van der Waals surface area contributed by atoms with Crippen molar-refractivity contribution in [1.82, 2.24) is 9.55 Å². The number of carbonyl (C=O) groups excluding carboxylic acids is 1. The summed E-state index contributed by atoms with van der Waals surface area (Å²) in [6, 6.07) is 7.98. The fraction of sp³-hybridized carbons (Fsp3) is 0.0952. The largest absolute Gasteiger partial charge is 0.480 e. The Morgan fingerprint density at radius 3 is 2.63 bits per heavy atom. The van der Waals surface area contributed by atoms with E-state index in [0.717, 1.165) is 18.2 Å². The molecule has 0 aliphatic rings. The van der Waals surface area contributed by atoms with E-state index in [1.165, 1.54) is 18.5 Å². The van der Waals surface area contributed by atoms with Gasteiger partial charge in [-0.15, -0.1) is 0 Å². The van der Waals surface area contributed by atoms with Gasteiger partial charge in [0.05, 0.1) is 35.4 Å². The summed E-state index contributed by atoms with van der Waals surface area (Å²) in [6.45, 7) is -0.680. The quantitative estimate of drug-likeness (QED) is 0.507. The van der Waals surface area contributed by atoms with E-state index in [9.17, 15) is 18.4 Å². The van der Waals surface area contributed by atoms with Gasteiger partial charge in [0.2, 0.25) is 5.91 Å². The Morgan fingerprint density at radius 1 is 1.10 bits per heavy atom. The Morgan fingerprint density at radius 2 is 1.90 bits per heavy atom. The summed E-state index contributed by atoms with van der Waals surface area (Å²) in [6.07, 6.45) is 2.81. The molecule has 0 atom stereocenters. The SMILES string of the molecule is NC(=O)c1cccc2c1c1c(OCC(=O)O)cncc1n2Cc1cc(F)ccc1F. The number of nitrogens with two attached hydrogens (primary N) is 1. The normalized spacial score (nSPS) is 11.1. The summed E-state index contributed by atoms with van der Waals surface area (Å²) in [5, 5.41) is 9.78. The lowest BCUT2D eigenvalue weighted by Crippen LogP contribution is -2.11. The van der Waals surface area contributed by atoms with Crippen LogP contribution >= 0.6 is 0 Å². The summed E-state index contributed by atoms with van der Waals surface area (Å²) in [5.41, 5.74) is 6.78. The number of carboxylic acids is 1. The van der Waals surface area contributed by atoms with Crippen molar-refractivity contribution in [2.75, 3.05) is 6.61 Å². The van der Waals surface area contributed by atoms with Crippen molar-refractivity contribution >= 4 is 33.7 Å². The van der Waals surface area contributed by atoms with Gasteiger partial charge < -0.3 is 20.1 Å². The van der Waals surface area contributed by atoms with E-state index in [-0.39, 0.29) is 23.4 Å². The van der Waals surface area contributed by atoms with Crippen LogP contribution in [0.1, 0.15) is 15.9 Å². The van der Waals surface area contributed by atoms with Crippen LogP contribution in [0.4, 0.5) is 8.78 Å². The molecule has 0 aliphatic heterocycles. The molecule has 2 aromatic carbocycles. The molecule has 0 fully saturated rings. The van der Waals surface area contributed by atoms with Crippen LogP contribution in [0.5, 0.6) is 5.75 Å². The second kappa shape index (κ2) is 7.43. The third-order valence-electron chi connectivity index (χ3n) is 4.72. The van der Waals surface area contributed by atoms with Crippen molar-refractivity contribution in [3.05, 3.63) is 71.6 Å². The number of benzene rings is 2. The number of hydrogen-bond donors (Lipinski definition) is 2. The number of aliphatic carboxylic acids is 1. The number of amides is 1. The average molecular weight is 411 g/mol. The molecule has 30 heavy (non-hydrogen) atoms. The van der Waals surface area contributed by atoms with Gasteiger partial charge in [-0.1, -0.05) is 6.07 Å². The van der Waals surface area contributed by atoms with Gasteiger partial charge >= 0.3 is 5.97 Å². The van der Waals surface area contributed by atoms with Crippen molar-refractivity contribution < 1.29 is 28.2 Å². The molecular weight excluding hydrogens is 396 g/mol. The first-order valence-corrected chi connectivity index (χ1v) is 8.84. The van der Waals surface area contributed by atoms with Gasteiger partial charge in [-0.2, -0.15) is 0 Å². The smallest absolute Gasteiger partial charge is 0.341 e. The highest BCUT2D eigenvalue weighted by Crippen LogP contribution is 2.37. The zero-order valence-corrected chi connectivity index (χ0v) is 15.4. The predicted molar refractivity (Wildman–Crippen MR) is 104 cm³/mol. The molecule has 0 saturated carbocycles. The minimum absolute atomic E-state index is 0.0597. The molecule has 4 aromatic rings. The highest BCUT2D eigenvalue weighted by atomic mass is 19.1. The number of carbonyl (C=O) groups is 2. The van der Waals surface area contributed by atoms with Crippen LogP contribution in [0.3, 0.4) is 0 Å². The standard InChI is InChI=1S/C21H15F2N3O4/c22-12-4-5-14(23)11(6-12)9-26-15-3-1-2-13(21(24)29)19(15)20-16(26)7-25-8-17(20)30-10-18(27)28/h1-8H,9-10H2,(H2,24,29)(H,27,28). The topological polar surface area (TPSA) is 107 Å². The van der Waals surface area contributed by atoms with E-state index < -0.39 is 30.1 Å². The van der Waals surface area contributed by atoms with Crippen LogP contribution in [0.15, 0.2) is 48.8 Å². The highest BCUT2D eigenvalue weighted by molar-refractivity contribution is 6.19. The van der Waals surface area contributed by atoms with E-state index in [1.807, 2.05) is 0 Å². The first-order chi connectivity index (χ1) is 14.4. The first-order valence-electron chi connectivity index (χ1n) is 8.84. The Labute approximate surface area is 168 Å². The second-order valence-electron chi connectivity index (χ2n) is 6.60. The Bertz CT molecular complexity index is 1320. The molecule has 9 heteroatoms. The van der Waals surface area contributed by atoms with Gasteiger partial charge in [0.25, 0.3) is 0 Å². The molecule has 1 amide bonds. The summed E-state index contributed by atoms with van der Waals surface area (Å²) in [4.78, 5) is 27.1. The number of aromatic nitrogens is 2. The summed E-state index contributed by atoms with van der Waals surface area (Å²) in [7, 11) is 0. The van der Waals surface area contributed by atoms with E-state index in [1.54, 1.807) is 16.7 Å². The Hall–Kier alpha value is -4.01. The Balaban J connectivity index is 2.03. The number of primary amides is 1. The molecule has 0 spiro atoms. The van der Waals surface area contributed by atoms with Crippen LogP contribution in [0.2, 0.25) is 0 Å². The number of fused-ring (bicyclic) bond motifs is 3. The summed E-state index contributed by atoms with van der Waals surface area (Å²) >= 11 is 0. The molecule has 0 aliphatic carbocycles. The maximum Gasteiger partial charge on any atom is 0.341 e. The van der Waals surface area contributed by atoms with Crippen molar-refractivity contribution in [2.24, 2.45) is 5.73 Å². The van der Waals surface area contributed by atoms with Gasteiger partial charge in [-0.3, -0.25) is 9.78 Å². The van der Waals surface area contributed by atoms with Crippen molar-refractivity contribution in [3.8, 4) is 5.75 Å². The average Bonchev–Trinajstić information content (AvgIpc) is 3.03. The number of pyridine rings is 1. The summed E-state index contributed by atoms with van der Waals surface area (Å²) in [5.74, 6) is -2.94. The van der Waals surface area contributed by atoms with Gasteiger partial charge in [-0.05, 0) is 30.3 Å². The minimum Gasteiger partial charge on any atom is -0.480 e. The molecule has 0 unspecified atom stereocenters. The van der Waals surface area contributed by atoms with Gasteiger partial charge in [0.1, 0.15) is 17.4 Å². The third kappa shape index (κ3) is 3.30. The molecule has 2 aromatic heterocycles. The van der Waals surface area contributed by atoms with Crippen LogP contribution < -0.4 is 10.5 Å². The second-order valence-corrected chi connectivity index (χ2v) is 6.60. The lowest BCUT2D eigenvalue weighted by Gasteiger charge is -2.09. The fourth-order valence-corrected chi connectivity index (χ4v) is 3.50. The molecule has 7 nitrogen and oxygen atoms in total. The third-order valence-corrected chi connectivity index (χ3v) is 4.72. The van der Waals surface area contributed by atoms with Crippen LogP contribution in [0.25, 0.3) is 21.8 Å². The lowest BCUT2D eigenvalue weighted by atomic mass is 10.1. The number of carboxylic acid groups (broad SMARTS) is 1. The first kappa shape index (κ1) is 19.3. The number of nitrogens with zero attached hydrogens (tertiary/aromatic N) is 2. The molecule has 4 rings (SSSR count). The number of rotatable bonds is 6. The molecule has 2 heterocycles. The van der Waals surface area contributed by atoms with Crippen LogP contribution in [0, 0.1) is 11.6 Å². The van der Waals surface area contributed by atoms with Crippen molar-refractivity contribution in [1.29, 1.82) is 0 Å². The number of halogens is 2. The fourth-order valence-electron chi connectivity index (χ4n) is 3.50. The monoisotopic (exact) mass is 411 g/mol. The van der Waals surface area contributed by atoms with Gasteiger partial charge in [0.15, 0.2) is 6.61 Å². The minimum atomic E-state index is -1.19. The van der Waals surface area contributed by atoms with Crippen molar-refractivity contribution in [3.63, 3.8) is 0 Å².